The van der Waals surface area contributed by atoms with Gasteiger partial charge >= 0.3 is 17.9 Å². The van der Waals surface area contributed by atoms with Gasteiger partial charge in [0.15, 0.2) is 11.5 Å². The van der Waals surface area contributed by atoms with E-state index in [1.54, 1.807) is 6.92 Å². The maximum atomic E-state index is 14.6. The molecule has 4 aliphatic rings. The van der Waals surface area contributed by atoms with Crippen molar-refractivity contribution in [3.63, 3.8) is 0 Å². The Morgan fingerprint density at radius 3 is 1.38 bits per heavy atom. The normalized spacial score (nSPS) is 16.9. The highest BCUT2D eigenvalue weighted by molar-refractivity contribution is 8.26. The van der Waals surface area contributed by atoms with Gasteiger partial charge in [0.2, 0.25) is 0 Å². The van der Waals surface area contributed by atoms with Crippen LogP contribution in [-0.2, 0) is 41.9 Å². The molecule has 0 N–H and O–H groups in total. The maximum absolute atomic E-state index is 14.6. The first-order chi connectivity index (χ1) is 29.1. The average Bonchev–Trinajstić information content (AvgIpc) is 4.02. The number of esters is 2. The lowest BCUT2D eigenvalue weighted by Crippen LogP contribution is -2.39. The summed E-state index contributed by atoms with van der Waals surface area (Å²) in [7, 11) is 0. The van der Waals surface area contributed by atoms with Crippen molar-refractivity contribution in [1.82, 2.24) is 10.0 Å². The third-order valence-corrected chi connectivity index (χ3v) is 15.9. The molecule has 1 fully saturated rings. The topological polar surface area (TPSA) is 132 Å². The van der Waals surface area contributed by atoms with Gasteiger partial charge in [-0.1, -0.05) is 166 Å². The van der Waals surface area contributed by atoms with Crippen molar-refractivity contribution >= 4 is 82.5 Å². The summed E-state index contributed by atoms with van der Waals surface area (Å²) < 4.78 is 13.8. The quantitative estimate of drug-likeness (QED) is 0.0446. The molecule has 1 saturated heterocycles. The molecule has 7 rings (SSSR count). The minimum absolute atomic E-state index is 0.0183. The van der Waals surface area contributed by atoms with Gasteiger partial charge in [0.05, 0.1) is 58.7 Å². The number of hydrogen-bond acceptors (Lipinski definition) is 13. The van der Waals surface area contributed by atoms with Crippen LogP contribution in [0.1, 0.15) is 97.1 Å². The van der Waals surface area contributed by atoms with Gasteiger partial charge in [0.1, 0.15) is 11.1 Å². The van der Waals surface area contributed by atoms with Gasteiger partial charge in [0.25, 0.3) is 11.8 Å². The second kappa shape index (κ2) is 19.5. The SMILES string of the molecule is CCCCC(CC)C(=O)Oc1c2c(c(OC(=O)C(CC)CCCC)c3c1SC(=C1C(=O)ON=C1C)S3)SC(=C1C(=O)N(Cc3ccccc3)N(Cc3ccccc3)C1=O)S2. The maximum Gasteiger partial charge on any atom is 0.369 e. The molecule has 314 valence electrons. The number of ether oxygens (including phenoxy) is 2. The largest absolute Gasteiger partial charge is 0.424 e. The summed E-state index contributed by atoms with van der Waals surface area (Å²) >= 11 is 4.76. The Balaban J connectivity index is 1.38. The van der Waals surface area contributed by atoms with Crippen molar-refractivity contribution in [3.05, 3.63) is 91.4 Å². The number of thioether (sulfide) groups is 4. The van der Waals surface area contributed by atoms with E-state index in [1.807, 2.05) is 74.5 Å². The fourth-order valence-corrected chi connectivity index (χ4v) is 12.8. The standard InChI is InChI=1S/C45H47N3O8S4/c1-6-10-22-29(8-3)41(51)54-33-35-36(58-44(57-35)31-26(5)46-56-43(31)53)34(55-42(52)30(9-4)23-11-7-2)38-37(33)59-45(60-38)32-39(49)47(24-27-18-14-12-15-19-27)48(40(32)50)25-28-20-16-13-17-21-28/h12-21,29-30H,6-11,22-25H2,1-5H3. The van der Waals surface area contributed by atoms with Crippen LogP contribution in [0.3, 0.4) is 0 Å². The van der Waals surface area contributed by atoms with Gasteiger partial charge < -0.3 is 14.3 Å². The van der Waals surface area contributed by atoms with E-state index >= 15 is 0 Å². The lowest BCUT2D eigenvalue weighted by Gasteiger charge is -2.27. The zero-order valence-corrected chi connectivity index (χ0v) is 37.5. The second-order valence-electron chi connectivity index (χ2n) is 14.8. The molecule has 11 nitrogen and oxygen atoms in total. The van der Waals surface area contributed by atoms with Crippen molar-refractivity contribution in [3.8, 4) is 11.5 Å². The van der Waals surface area contributed by atoms with E-state index < -0.39 is 29.7 Å². The van der Waals surface area contributed by atoms with E-state index in [0.717, 1.165) is 60.3 Å². The van der Waals surface area contributed by atoms with Crippen LogP contribution in [0.4, 0.5) is 0 Å². The number of carbonyl (C=O) groups is 5. The van der Waals surface area contributed by atoms with E-state index in [9.17, 15) is 24.0 Å². The molecule has 4 heterocycles. The third-order valence-electron chi connectivity index (χ3n) is 10.7. The molecule has 2 amide bonds. The first kappa shape index (κ1) is 43.6. The molecule has 3 aromatic carbocycles. The Kier molecular flexibility index (Phi) is 14.2. The van der Waals surface area contributed by atoms with Gasteiger partial charge in [-0.25, -0.2) is 14.8 Å². The van der Waals surface area contributed by atoms with Crippen molar-refractivity contribution in [1.29, 1.82) is 0 Å². The fraction of sp³-hybridized carbons (Fsp3) is 0.378. The van der Waals surface area contributed by atoms with Crippen LogP contribution in [0, 0.1) is 11.8 Å². The molecule has 4 aliphatic heterocycles. The summed E-state index contributed by atoms with van der Waals surface area (Å²) in [5.41, 5.74) is 2.37. The van der Waals surface area contributed by atoms with Crippen molar-refractivity contribution in [2.75, 3.05) is 0 Å². The fourth-order valence-electron chi connectivity index (χ4n) is 7.19. The smallest absolute Gasteiger partial charge is 0.369 e. The number of fused-ring (bicyclic) bond motifs is 2. The highest BCUT2D eigenvalue weighted by atomic mass is 32.2. The number of unbranched alkanes of at least 4 members (excludes halogenated alkanes) is 2. The van der Waals surface area contributed by atoms with Crippen molar-refractivity contribution in [2.45, 2.75) is 119 Å². The Labute approximate surface area is 367 Å². The summed E-state index contributed by atoms with van der Waals surface area (Å²) in [6.45, 7) is 10.1. The molecule has 2 atom stereocenters. The van der Waals surface area contributed by atoms with Crippen LogP contribution in [0.15, 0.2) is 105 Å². The van der Waals surface area contributed by atoms with E-state index in [1.165, 1.54) is 33.5 Å². The molecule has 15 heteroatoms. The molecule has 3 aromatic rings. The second-order valence-corrected chi connectivity index (χ2v) is 19.4. The Bertz CT molecular complexity index is 2160. The molecule has 60 heavy (non-hydrogen) atoms. The number of benzene rings is 3. The summed E-state index contributed by atoms with van der Waals surface area (Å²) in [5, 5.41) is 6.85. The predicted molar refractivity (Wildman–Crippen MR) is 235 cm³/mol. The molecule has 0 radical (unpaired) electrons. The predicted octanol–water partition coefficient (Wildman–Crippen LogP) is 10.7. The number of oxime groups is 1. The highest BCUT2D eigenvalue weighted by Gasteiger charge is 2.47. The van der Waals surface area contributed by atoms with Crippen LogP contribution in [0.25, 0.3) is 0 Å². The number of amides is 2. The number of hydrazine groups is 1. The molecule has 2 unspecified atom stereocenters. The van der Waals surface area contributed by atoms with E-state index in [0.29, 0.717) is 59.5 Å². The Morgan fingerprint density at radius 2 is 1.03 bits per heavy atom. The first-order valence-corrected chi connectivity index (χ1v) is 23.7. The molecule has 0 aromatic heterocycles. The third kappa shape index (κ3) is 8.95. The minimum Gasteiger partial charge on any atom is -0.424 e. The van der Waals surface area contributed by atoms with Gasteiger partial charge in [-0.05, 0) is 43.7 Å². The van der Waals surface area contributed by atoms with Crippen LogP contribution in [0.5, 0.6) is 11.5 Å². The molecular formula is C45H47N3O8S4. The van der Waals surface area contributed by atoms with Gasteiger partial charge in [-0.15, -0.1) is 0 Å². The molecular weight excluding hydrogens is 839 g/mol. The lowest BCUT2D eigenvalue weighted by molar-refractivity contribution is -0.149. The lowest BCUT2D eigenvalue weighted by atomic mass is 10.00. The average molecular weight is 886 g/mol. The zero-order chi connectivity index (χ0) is 42.5. The van der Waals surface area contributed by atoms with Crippen molar-refractivity contribution in [2.24, 2.45) is 17.0 Å². The van der Waals surface area contributed by atoms with Gasteiger partial charge in [-0.2, -0.15) is 0 Å². The highest BCUT2D eigenvalue weighted by Crippen LogP contribution is 2.69. The van der Waals surface area contributed by atoms with E-state index in [-0.39, 0.29) is 47.6 Å². The van der Waals surface area contributed by atoms with Crippen LogP contribution < -0.4 is 9.47 Å². The molecule has 0 saturated carbocycles. The Morgan fingerprint density at radius 1 is 0.633 bits per heavy atom. The summed E-state index contributed by atoms with van der Waals surface area (Å²) in [6, 6.07) is 19.0. The van der Waals surface area contributed by atoms with Crippen LogP contribution in [0.2, 0.25) is 0 Å². The molecule has 0 aliphatic carbocycles. The Hall–Kier alpha value is -4.44. The first-order valence-electron chi connectivity index (χ1n) is 20.4. The molecule has 0 bridgehead atoms. The van der Waals surface area contributed by atoms with Gasteiger partial charge in [-0.3, -0.25) is 19.2 Å². The van der Waals surface area contributed by atoms with E-state index in [2.05, 4.69) is 19.0 Å². The summed E-state index contributed by atoms with van der Waals surface area (Å²) in [5.74, 6) is -2.62. The number of rotatable bonds is 16. The summed E-state index contributed by atoms with van der Waals surface area (Å²) in [6.07, 6.45) is 5.97. The zero-order valence-electron chi connectivity index (χ0n) is 34.2. The molecule has 0 spiro atoms. The number of nitrogens with zero attached hydrogens (tertiary/aromatic N) is 3. The van der Waals surface area contributed by atoms with Crippen LogP contribution >= 0.6 is 47.0 Å². The summed E-state index contributed by atoms with van der Waals surface area (Å²) in [4.78, 5) is 77.3. The van der Waals surface area contributed by atoms with E-state index in [4.69, 9.17) is 14.3 Å². The van der Waals surface area contributed by atoms with Crippen molar-refractivity contribution < 1.29 is 38.3 Å². The van der Waals surface area contributed by atoms with Crippen LogP contribution in [-0.4, -0.2) is 45.5 Å². The van der Waals surface area contributed by atoms with Gasteiger partial charge in [0, 0.05) is 0 Å². The number of hydrogen-bond donors (Lipinski definition) is 0. The monoisotopic (exact) mass is 885 g/mol. The minimum atomic E-state index is -0.606. The number of carbonyl (C=O) groups excluding carboxylic acids is 5.